The molecule has 1 aliphatic carbocycles. The van der Waals surface area contributed by atoms with Crippen molar-refractivity contribution in [2.75, 3.05) is 26.2 Å². The highest BCUT2D eigenvalue weighted by Crippen LogP contribution is 2.20. The van der Waals surface area contributed by atoms with Crippen molar-refractivity contribution in [1.82, 2.24) is 14.5 Å². The number of carbonyl (C=O) groups is 1. The number of hydrogen-bond acceptors (Lipinski definition) is 3. The van der Waals surface area contributed by atoms with Crippen molar-refractivity contribution < 1.29 is 13.2 Å². The summed E-state index contributed by atoms with van der Waals surface area (Å²) >= 11 is 0. The number of nitrogens with one attached hydrogen (secondary N) is 1. The molecule has 2 fully saturated rings. The molecule has 0 bridgehead atoms. The molecule has 1 aromatic carbocycles. The van der Waals surface area contributed by atoms with Crippen LogP contribution in [0.4, 0.5) is 4.79 Å². The molecule has 0 aromatic heterocycles. The first-order valence-corrected chi connectivity index (χ1v) is 9.03. The third-order valence-corrected chi connectivity index (χ3v) is 6.00. The molecule has 0 unspecified atom stereocenters. The smallest absolute Gasteiger partial charge is 0.317 e. The molecule has 0 atom stereocenters. The summed E-state index contributed by atoms with van der Waals surface area (Å²) in [6, 6.07) is 7.11. The second kappa shape index (κ2) is 5.89. The molecular formula is C15H21N3O3S. The van der Waals surface area contributed by atoms with Gasteiger partial charge in [0.25, 0.3) is 0 Å². The third-order valence-electron chi connectivity index (χ3n) is 4.09. The summed E-state index contributed by atoms with van der Waals surface area (Å²) in [4.78, 5) is 14.0. The van der Waals surface area contributed by atoms with Crippen LogP contribution < -0.4 is 5.32 Å². The molecule has 3 rings (SSSR count). The van der Waals surface area contributed by atoms with Crippen molar-refractivity contribution in [1.29, 1.82) is 0 Å². The van der Waals surface area contributed by atoms with Crippen LogP contribution in [-0.2, 0) is 10.0 Å². The molecule has 1 N–H and O–H groups in total. The van der Waals surface area contributed by atoms with Gasteiger partial charge in [-0.1, -0.05) is 17.7 Å². The molecule has 2 amide bonds. The minimum atomic E-state index is -3.46. The van der Waals surface area contributed by atoms with E-state index in [0.29, 0.717) is 37.1 Å². The van der Waals surface area contributed by atoms with E-state index in [1.807, 2.05) is 6.92 Å². The Morgan fingerprint density at radius 1 is 1.09 bits per heavy atom. The molecule has 120 valence electrons. The zero-order valence-electron chi connectivity index (χ0n) is 12.7. The molecule has 2 aliphatic rings. The molecule has 22 heavy (non-hydrogen) atoms. The summed E-state index contributed by atoms with van der Waals surface area (Å²) < 4.78 is 26.6. The number of carbonyl (C=O) groups excluding carboxylic acids is 1. The lowest BCUT2D eigenvalue weighted by Gasteiger charge is -2.34. The van der Waals surface area contributed by atoms with Gasteiger partial charge < -0.3 is 10.2 Å². The fourth-order valence-corrected chi connectivity index (χ4v) is 3.91. The molecule has 0 spiro atoms. The van der Waals surface area contributed by atoms with Gasteiger partial charge in [-0.05, 0) is 31.9 Å². The van der Waals surface area contributed by atoms with E-state index in [4.69, 9.17) is 0 Å². The first kappa shape index (κ1) is 15.3. The van der Waals surface area contributed by atoms with Gasteiger partial charge in [-0.25, -0.2) is 13.2 Å². The number of piperazine rings is 1. The Bertz CT molecular complexity index is 645. The van der Waals surface area contributed by atoms with Gasteiger partial charge in [0.2, 0.25) is 10.0 Å². The normalized spacial score (nSPS) is 20.0. The summed E-state index contributed by atoms with van der Waals surface area (Å²) in [5, 5.41) is 2.93. The Labute approximate surface area is 131 Å². The van der Waals surface area contributed by atoms with Crippen LogP contribution in [0.5, 0.6) is 0 Å². The number of benzene rings is 1. The predicted molar refractivity (Wildman–Crippen MR) is 83.1 cm³/mol. The highest BCUT2D eigenvalue weighted by Gasteiger charge is 2.32. The number of amides is 2. The van der Waals surface area contributed by atoms with Gasteiger partial charge in [0.1, 0.15) is 0 Å². The first-order chi connectivity index (χ1) is 10.5. The maximum absolute atomic E-state index is 12.6. The van der Waals surface area contributed by atoms with Gasteiger partial charge in [0, 0.05) is 32.2 Å². The number of nitrogens with zero attached hydrogens (tertiary/aromatic N) is 2. The van der Waals surface area contributed by atoms with Crippen molar-refractivity contribution in [2.45, 2.75) is 30.7 Å². The summed E-state index contributed by atoms with van der Waals surface area (Å²) in [6.45, 7) is 3.48. The van der Waals surface area contributed by atoms with E-state index in [2.05, 4.69) is 5.32 Å². The second-order valence-corrected chi connectivity index (χ2v) is 7.87. The predicted octanol–water partition coefficient (Wildman–Crippen LogP) is 1.17. The highest BCUT2D eigenvalue weighted by atomic mass is 32.2. The maximum Gasteiger partial charge on any atom is 0.317 e. The number of rotatable bonds is 3. The van der Waals surface area contributed by atoms with Crippen LogP contribution in [-0.4, -0.2) is 55.9 Å². The maximum atomic E-state index is 12.6. The van der Waals surface area contributed by atoms with Crippen LogP contribution in [0.1, 0.15) is 18.4 Å². The van der Waals surface area contributed by atoms with Crippen LogP contribution in [0.25, 0.3) is 0 Å². The van der Waals surface area contributed by atoms with Gasteiger partial charge in [-0.3, -0.25) is 0 Å². The van der Waals surface area contributed by atoms with Gasteiger partial charge >= 0.3 is 6.03 Å². The van der Waals surface area contributed by atoms with Gasteiger partial charge in [-0.15, -0.1) is 0 Å². The van der Waals surface area contributed by atoms with E-state index in [-0.39, 0.29) is 6.03 Å². The standard InChI is InChI=1S/C15H21N3O3S/c1-12-2-6-14(7-3-12)22(20,21)18-10-8-17(9-11-18)15(19)16-13-4-5-13/h2-3,6-7,13H,4-5,8-11H2,1H3,(H,16,19). The molecule has 1 aliphatic heterocycles. The second-order valence-electron chi connectivity index (χ2n) is 5.93. The van der Waals surface area contributed by atoms with Gasteiger partial charge in [0.15, 0.2) is 0 Å². The SMILES string of the molecule is Cc1ccc(S(=O)(=O)N2CCN(C(=O)NC3CC3)CC2)cc1. The minimum Gasteiger partial charge on any atom is -0.335 e. The first-order valence-electron chi connectivity index (χ1n) is 7.59. The zero-order chi connectivity index (χ0) is 15.7. The lowest BCUT2D eigenvalue weighted by Crippen LogP contribution is -2.53. The highest BCUT2D eigenvalue weighted by molar-refractivity contribution is 7.89. The molecule has 7 heteroatoms. The van der Waals surface area contributed by atoms with Crippen molar-refractivity contribution in [3.05, 3.63) is 29.8 Å². The van der Waals surface area contributed by atoms with E-state index in [9.17, 15) is 13.2 Å². The summed E-state index contributed by atoms with van der Waals surface area (Å²) in [5.74, 6) is 0. The van der Waals surface area contributed by atoms with Gasteiger partial charge in [0.05, 0.1) is 4.90 Å². The van der Waals surface area contributed by atoms with Crippen LogP contribution in [0.2, 0.25) is 0 Å². The van der Waals surface area contributed by atoms with E-state index in [1.54, 1.807) is 29.2 Å². The Morgan fingerprint density at radius 2 is 1.68 bits per heavy atom. The monoisotopic (exact) mass is 323 g/mol. The van der Waals surface area contributed by atoms with E-state index in [0.717, 1.165) is 18.4 Å². The van der Waals surface area contributed by atoms with Crippen LogP contribution in [0.3, 0.4) is 0 Å². The zero-order valence-corrected chi connectivity index (χ0v) is 13.5. The van der Waals surface area contributed by atoms with E-state index >= 15 is 0 Å². The topological polar surface area (TPSA) is 69.7 Å². The average Bonchev–Trinajstić information content (AvgIpc) is 3.32. The number of hydrogen-bond donors (Lipinski definition) is 1. The van der Waals surface area contributed by atoms with Crippen LogP contribution in [0.15, 0.2) is 29.2 Å². The van der Waals surface area contributed by atoms with Gasteiger partial charge in [-0.2, -0.15) is 4.31 Å². The van der Waals surface area contributed by atoms with E-state index < -0.39 is 10.0 Å². The largest absolute Gasteiger partial charge is 0.335 e. The molecule has 6 nitrogen and oxygen atoms in total. The quantitative estimate of drug-likeness (QED) is 0.908. The fraction of sp³-hybridized carbons (Fsp3) is 0.533. The van der Waals surface area contributed by atoms with Crippen molar-refractivity contribution >= 4 is 16.1 Å². The number of sulfonamides is 1. The summed E-state index contributed by atoms with van der Waals surface area (Å²) in [6.07, 6.45) is 2.10. The third kappa shape index (κ3) is 3.25. The summed E-state index contributed by atoms with van der Waals surface area (Å²) in [7, 11) is -3.46. The lowest BCUT2D eigenvalue weighted by molar-refractivity contribution is 0.172. The Hall–Kier alpha value is -1.60. The average molecular weight is 323 g/mol. The molecular weight excluding hydrogens is 302 g/mol. The Kier molecular flexibility index (Phi) is 4.10. The van der Waals surface area contributed by atoms with Crippen molar-refractivity contribution in [3.63, 3.8) is 0 Å². The molecule has 1 saturated carbocycles. The molecule has 0 radical (unpaired) electrons. The lowest BCUT2D eigenvalue weighted by atomic mass is 10.2. The number of urea groups is 1. The molecule has 1 aromatic rings. The van der Waals surface area contributed by atoms with Crippen LogP contribution in [0, 0.1) is 6.92 Å². The van der Waals surface area contributed by atoms with Crippen molar-refractivity contribution in [2.24, 2.45) is 0 Å². The van der Waals surface area contributed by atoms with E-state index in [1.165, 1.54) is 4.31 Å². The van der Waals surface area contributed by atoms with Crippen molar-refractivity contribution in [3.8, 4) is 0 Å². The Morgan fingerprint density at radius 3 is 2.23 bits per heavy atom. The van der Waals surface area contributed by atoms with Crippen LogP contribution >= 0.6 is 0 Å². The molecule has 1 heterocycles. The summed E-state index contributed by atoms with van der Waals surface area (Å²) in [5.41, 5.74) is 1.03. The number of aryl methyl sites for hydroxylation is 1. The molecule has 1 saturated heterocycles. The fourth-order valence-electron chi connectivity index (χ4n) is 2.48. The Balaban J connectivity index is 1.62. The minimum absolute atomic E-state index is 0.0742.